The Morgan fingerprint density at radius 1 is 1.50 bits per heavy atom. The molecule has 3 heteroatoms. The van der Waals surface area contributed by atoms with Crippen molar-refractivity contribution in [1.82, 2.24) is 10.3 Å². The van der Waals surface area contributed by atoms with Crippen molar-refractivity contribution in [2.45, 2.75) is 45.1 Å². The van der Waals surface area contributed by atoms with Crippen molar-refractivity contribution >= 4 is 0 Å². The summed E-state index contributed by atoms with van der Waals surface area (Å²) in [5.74, 6) is 1.32. The maximum atomic E-state index is 5.49. The van der Waals surface area contributed by atoms with Crippen molar-refractivity contribution in [2.75, 3.05) is 6.54 Å². The van der Waals surface area contributed by atoms with Crippen molar-refractivity contribution in [2.24, 2.45) is 0 Å². The maximum absolute atomic E-state index is 5.49. The Bertz CT molecular complexity index is 287. The van der Waals surface area contributed by atoms with Gasteiger partial charge in [-0.2, -0.15) is 0 Å². The molecule has 1 N–H and O–H groups in total. The molecule has 1 aliphatic heterocycles. The molecule has 14 heavy (non-hydrogen) atoms. The van der Waals surface area contributed by atoms with Crippen LogP contribution in [0.4, 0.5) is 0 Å². The van der Waals surface area contributed by atoms with Gasteiger partial charge in [0.15, 0.2) is 0 Å². The van der Waals surface area contributed by atoms with Crippen LogP contribution in [0.1, 0.15) is 56.7 Å². The van der Waals surface area contributed by atoms with Crippen molar-refractivity contribution in [1.29, 1.82) is 0 Å². The first kappa shape index (κ1) is 9.71. The van der Waals surface area contributed by atoms with Crippen molar-refractivity contribution in [3.63, 3.8) is 0 Å². The summed E-state index contributed by atoms with van der Waals surface area (Å²) in [7, 11) is 0. The minimum atomic E-state index is 0.344. The van der Waals surface area contributed by atoms with Gasteiger partial charge in [0.1, 0.15) is 6.26 Å². The quantitative estimate of drug-likeness (QED) is 0.786. The molecule has 0 amide bonds. The summed E-state index contributed by atoms with van der Waals surface area (Å²) < 4.78 is 5.49. The van der Waals surface area contributed by atoms with Gasteiger partial charge in [-0.25, -0.2) is 4.98 Å². The minimum Gasteiger partial charge on any atom is -0.447 e. The molecule has 0 saturated carbocycles. The Morgan fingerprint density at radius 3 is 2.93 bits per heavy atom. The monoisotopic (exact) mass is 194 g/mol. The average molecular weight is 194 g/mol. The van der Waals surface area contributed by atoms with Gasteiger partial charge in [0.05, 0.1) is 11.7 Å². The molecule has 1 aromatic heterocycles. The van der Waals surface area contributed by atoms with Crippen LogP contribution in [0, 0.1) is 0 Å². The fourth-order valence-electron chi connectivity index (χ4n) is 1.79. The minimum absolute atomic E-state index is 0.344. The van der Waals surface area contributed by atoms with E-state index >= 15 is 0 Å². The number of piperidine rings is 1. The topological polar surface area (TPSA) is 38.1 Å². The summed E-state index contributed by atoms with van der Waals surface area (Å²) in [5, 5.41) is 3.43. The van der Waals surface area contributed by atoms with Crippen molar-refractivity contribution < 1.29 is 4.42 Å². The molecule has 0 spiro atoms. The second-order valence-electron chi connectivity index (χ2n) is 4.27. The van der Waals surface area contributed by atoms with E-state index in [1.54, 1.807) is 6.26 Å². The zero-order valence-electron chi connectivity index (χ0n) is 8.92. The van der Waals surface area contributed by atoms with Crippen LogP contribution in [0.5, 0.6) is 0 Å². The Balaban J connectivity index is 2.07. The normalized spacial score (nSPS) is 22.9. The highest BCUT2D eigenvalue weighted by Crippen LogP contribution is 2.24. The van der Waals surface area contributed by atoms with Crippen LogP contribution in [0.25, 0.3) is 0 Å². The van der Waals surface area contributed by atoms with Crippen molar-refractivity contribution in [3.05, 3.63) is 17.8 Å². The number of oxazole rings is 1. The number of nitrogens with one attached hydrogen (secondary N) is 1. The van der Waals surface area contributed by atoms with Gasteiger partial charge in [-0.3, -0.25) is 0 Å². The lowest BCUT2D eigenvalue weighted by Gasteiger charge is -2.20. The largest absolute Gasteiger partial charge is 0.447 e. The predicted molar refractivity (Wildman–Crippen MR) is 55.2 cm³/mol. The van der Waals surface area contributed by atoms with E-state index in [2.05, 4.69) is 24.1 Å². The SMILES string of the molecule is CC(C)c1coc(C2CCCCN2)n1. The molecule has 1 unspecified atom stereocenters. The Hall–Kier alpha value is -0.830. The van der Waals surface area contributed by atoms with Gasteiger partial charge in [-0.05, 0) is 25.3 Å². The smallest absolute Gasteiger partial charge is 0.211 e. The summed E-state index contributed by atoms with van der Waals surface area (Å²) in [5.41, 5.74) is 1.06. The fraction of sp³-hybridized carbons (Fsp3) is 0.727. The third-order valence-corrected chi connectivity index (χ3v) is 2.74. The average Bonchev–Trinajstić information content (AvgIpc) is 2.68. The zero-order chi connectivity index (χ0) is 9.97. The van der Waals surface area contributed by atoms with E-state index in [-0.39, 0.29) is 0 Å². The first-order chi connectivity index (χ1) is 6.77. The molecule has 0 aliphatic carbocycles. The molecule has 0 bridgehead atoms. The lowest BCUT2D eigenvalue weighted by Crippen LogP contribution is -2.27. The van der Waals surface area contributed by atoms with E-state index in [9.17, 15) is 0 Å². The molecule has 3 nitrogen and oxygen atoms in total. The molecule has 1 aromatic rings. The van der Waals surface area contributed by atoms with Crippen LogP contribution in [-0.2, 0) is 0 Å². The van der Waals surface area contributed by atoms with Crippen LogP contribution in [0.15, 0.2) is 10.7 Å². The Morgan fingerprint density at radius 2 is 2.36 bits per heavy atom. The van der Waals surface area contributed by atoms with E-state index in [1.165, 1.54) is 12.8 Å². The second kappa shape index (κ2) is 4.13. The molecule has 1 fully saturated rings. The van der Waals surface area contributed by atoms with Crippen LogP contribution in [0.3, 0.4) is 0 Å². The lowest BCUT2D eigenvalue weighted by molar-refractivity contribution is 0.338. The summed E-state index contributed by atoms with van der Waals surface area (Å²) in [6.07, 6.45) is 5.49. The summed E-state index contributed by atoms with van der Waals surface area (Å²) in [4.78, 5) is 4.50. The lowest BCUT2D eigenvalue weighted by atomic mass is 10.1. The predicted octanol–water partition coefficient (Wildman–Crippen LogP) is 2.61. The standard InChI is InChI=1S/C11H18N2O/c1-8(2)10-7-14-11(13-10)9-5-3-4-6-12-9/h7-9,12H,3-6H2,1-2H3. The van der Waals surface area contributed by atoms with Gasteiger partial charge in [0, 0.05) is 0 Å². The Labute approximate surface area is 84.9 Å². The molecule has 2 rings (SSSR count). The maximum Gasteiger partial charge on any atom is 0.211 e. The highest BCUT2D eigenvalue weighted by atomic mass is 16.3. The van der Waals surface area contributed by atoms with Gasteiger partial charge in [0.2, 0.25) is 5.89 Å². The van der Waals surface area contributed by atoms with Gasteiger partial charge < -0.3 is 9.73 Å². The second-order valence-corrected chi connectivity index (χ2v) is 4.27. The van der Waals surface area contributed by atoms with Gasteiger partial charge in [-0.1, -0.05) is 20.3 Å². The molecule has 78 valence electrons. The molecular weight excluding hydrogens is 176 g/mol. The number of hydrogen-bond acceptors (Lipinski definition) is 3. The van der Waals surface area contributed by atoms with Crippen LogP contribution < -0.4 is 5.32 Å². The van der Waals surface area contributed by atoms with Gasteiger partial charge in [0.25, 0.3) is 0 Å². The fourth-order valence-corrected chi connectivity index (χ4v) is 1.79. The molecular formula is C11H18N2O. The van der Waals surface area contributed by atoms with Crippen molar-refractivity contribution in [3.8, 4) is 0 Å². The molecule has 0 aromatic carbocycles. The highest BCUT2D eigenvalue weighted by Gasteiger charge is 2.20. The number of rotatable bonds is 2. The summed E-state index contributed by atoms with van der Waals surface area (Å²) >= 11 is 0. The van der Waals surface area contributed by atoms with Gasteiger partial charge >= 0.3 is 0 Å². The first-order valence-corrected chi connectivity index (χ1v) is 5.46. The Kier molecular flexibility index (Phi) is 2.87. The first-order valence-electron chi connectivity index (χ1n) is 5.46. The van der Waals surface area contributed by atoms with E-state index in [0.29, 0.717) is 12.0 Å². The van der Waals surface area contributed by atoms with E-state index in [0.717, 1.165) is 24.6 Å². The molecule has 2 heterocycles. The summed E-state index contributed by atoms with van der Waals surface area (Å²) in [6, 6.07) is 0.344. The van der Waals surface area contributed by atoms with E-state index < -0.39 is 0 Å². The molecule has 0 radical (unpaired) electrons. The number of aromatic nitrogens is 1. The van der Waals surface area contributed by atoms with Crippen LogP contribution in [0.2, 0.25) is 0 Å². The van der Waals surface area contributed by atoms with E-state index in [4.69, 9.17) is 4.42 Å². The van der Waals surface area contributed by atoms with Gasteiger partial charge in [-0.15, -0.1) is 0 Å². The number of hydrogen-bond donors (Lipinski definition) is 1. The third kappa shape index (κ3) is 1.98. The third-order valence-electron chi connectivity index (χ3n) is 2.74. The number of nitrogens with zero attached hydrogens (tertiary/aromatic N) is 1. The van der Waals surface area contributed by atoms with Crippen LogP contribution >= 0.6 is 0 Å². The molecule has 1 aliphatic rings. The summed E-state index contributed by atoms with van der Waals surface area (Å²) in [6.45, 7) is 5.36. The van der Waals surface area contributed by atoms with Crippen LogP contribution in [-0.4, -0.2) is 11.5 Å². The molecule has 1 saturated heterocycles. The molecule has 1 atom stereocenters. The highest BCUT2D eigenvalue weighted by molar-refractivity contribution is 5.04. The zero-order valence-corrected chi connectivity index (χ0v) is 8.92. The van der Waals surface area contributed by atoms with E-state index in [1.807, 2.05) is 0 Å².